The predicted molar refractivity (Wildman–Crippen MR) is 62.5 cm³/mol. The molecule has 0 aromatic carbocycles. The maximum absolute atomic E-state index is 11.7. The molecule has 0 radical (unpaired) electrons. The Bertz CT molecular complexity index is 234. The van der Waals surface area contributed by atoms with Crippen LogP contribution in [0.15, 0.2) is 0 Å². The van der Waals surface area contributed by atoms with Crippen LogP contribution in [0.25, 0.3) is 0 Å². The van der Waals surface area contributed by atoms with E-state index >= 15 is 0 Å². The topological polar surface area (TPSA) is 41.6 Å². The van der Waals surface area contributed by atoms with Crippen molar-refractivity contribution in [3.63, 3.8) is 0 Å². The molecule has 1 fully saturated rings. The quantitative estimate of drug-likeness (QED) is 0.753. The molecule has 1 amide bonds. The molecule has 0 spiro atoms. The number of carbonyl (C=O) groups excluding carboxylic acids is 1. The van der Waals surface area contributed by atoms with Crippen molar-refractivity contribution in [3.05, 3.63) is 0 Å². The maximum Gasteiger partial charge on any atom is 0.410 e. The minimum atomic E-state index is -0.418. The Hall–Kier alpha value is -0.480. The van der Waals surface area contributed by atoms with Gasteiger partial charge in [-0.05, 0) is 27.7 Å². The van der Waals surface area contributed by atoms with Crippen molar-refractivity contribution < 1.29 is 9.53 Å². The van der Waals surface area contributed by atoms with Crippen LogP contribution >= 0.6 is 12.4 Å². The van der Waals surface area contributed by atoms with Crippen molar-refractivity contribution in [3.8, 4) is 0 Å². The van der Waals surface area contributed by atoms with E-state index < -0.39 is 5.60 Å². The second kappa shape index (κ2) is 4.58. The molecule has 0 aliphatic carbocycles. The first-order valence-corrected chi connectivity index (χ1v) is 4.92. The van der Waals surface area contributed by atoms with E-state index in [1.54, 1.807) is 11.9 Å². The molecular weight excluding hydrogens is 216 g/mol. The first-order valence-electron chi connectivity index (χ1n) is 4.92. The van der Waals surface area contributed by atoms with Crippen molar-refractivity contribution in [2.75, 3.05) is 20.1 Å². The summed E-state index contributed by atoms with van der Waals surface area (Å²) >= 11 is 0. The number of nitrogens with zero attached hydrogens (tertiary/aromatic N) is 1. The second-order valence-electron chi connectivity index (χ2n) is 5.14. The van der Waals surface area contributed by atoms with Gasteiger partial charge in [-0.1, -0.05) is 0 Å². The third-order valence-electron chi connectivity index (χ3n) is 2.49. The number of nitrogens with one attached hydrogen (secondary N) is 1. The van der Waals surface area contributed by atoms with Gasteiger partial charge in [0.25, 0.3) is 0 Å². The highest BCUT2D eigenvalue weighted by molar-refractivity contribution is 5.85. The Morgan fingerprint density at radius 1 is 1.40 bits per heavy atom. The number of hydrogen-bond acceptors (Lipinski definition) is 3. The largest absolute Gasteiger partial charge is 0.444 e. The molecule has 90 valence electrons. The van der Waals surface area contributed by atoms with Gasteiger partial charge in [0, 0.05) is 20.1 Å². The highest BCUT2D eigenvalue weighted by Crippen LogP contribution is 2.20. The number of amides is 1. The van der Waals surface area contributed by atoms with Crippen LogP contribution < -0.4 is 5.32 Å². The third kappa shape index (κ3) is 3.54. The molecule has 0 unspecified atom stereocenters. The molecule has 1 rings (SSSR count). The average molecular weight is 237 g/mol. The van der Waals surface area contributed by atoms with Crippen LogP contribution in [0.4, 0.5) is 4.79 Å². The summed E-state index contributed by atoms with van der Waals surface area (Å²) in [6, 6.07) is 0. The van der Waals surface area contributed by atoms with Crippen molar-refractivity contribution >= 4 is 18.5 Å². The van der Waals surface area contributed by atoms with E-state index in [9.17, 15) is 4.79 Å². The van der Waals surface area contributed by atoms with Gasteiger partial charge in [-0.25, -0.2) is 4.79 Å². The summed E-state index contributed by atoms with van der Waals surface area (Å²) in [5.74, 6) is 0. The SMILES string of the molecule is CN(C(=O)OC(C)(C)C)C1(C)CNC1.Cl. The Labute approximate surface area is 97.8 Å². The van der Waals surface area contributed by atoms with Gasteiger partial charge in [0.2, 0.25) is 0 Å². The summed E-state index contributed by atoms with van der Waals surface area (Å²) in [5, 5.41) is 3.15. The van der Waals surface area contributed by atoms with Gasteiger partial charge < -0.3 is 15.0 Å². The molecule has 1 aliphatic rings. The monoisotopic (exact) mass is 236 g/mol. The van der Waals surface area contributed by atoms with Crippen LogP contribution in [0.5, 0.6) is 0 Å². The fourth-order valence-corrected chi connectivity index (χ4v) is 1.27. The fraction of sp³-hybridized carbons (Fsp3) is 0.900. The smallest absolute Gasteiger partial charge is 0.410 e. The van der Waals surface area contributed by atoms with E-state index in [2.05, 4.69) is 5.32 Å². The van der Waals surface area contributed by atoms with Crippen molar-refractivity contribution in [2.24, 2.45) is 0 Å². The van der Waals surface area contributed by atoms with E-state index in [0.717, 1.165) is 13.1 Å². The summed E-state index contributed by atoms with van der Waals surface area (Å²) in [7, 11) is 1.79. The lowest BCUT2D eigenvalue weighted by Crippen LogP contribution is -2.67. The number of rotatable bonds is 1. The molecule has 0 aromatic rings. The standard InChI is InChI=1S/C10H20N2O2.ClH/c1-9(2,3)14-8(13)12(5)10(4)6-11-7-10;/h11H,6-7H2,1-5H3;1H. The lowest BCUT2D eigenvalue weighted by atomic mass is 9.94. The van der Waals surface area contributed by atoms with Crippen LogP contribution in [0.3, 0.4) is 0 Å². The molecule has 5 heteroatoms. The predicted octanol–water partition coefficient (Wildman–Crippen LogP) is 1.64. The number of ether oxygens (including phenoxy) is 1. The van der Waals surface area contributed by atoms with Gasteiger partial charge in [-0.3, -0.25) is 0 Å². The van der Waals surface area contributed by atoms with Gasteiger partial charge >= 0.3 is 6.09 Å². The van der Waals surface area contributed by atoms with Crippen molar-refractivity contribution in [2.45, 2.75) is 38.8 Å². The van der Waals surface area contributed by atoms with Gasteiger partial charge in [0.1, 0.15) is 5.60 Å². The van der Waals surface area contributed by atoms with Gasteiger partial charge in [-0.2, -0.15) is 0 Å². The third-order valence-corrected chi connectivity index (χ3v) is 2.49. The zero-order valence-electron chi connectivity index (χ0n) is 10.1. The average Bonchev–Trinajstić information content (AvgIpc) is 1.95. The number of hydrogen-bond donors (Lipinski definition) is 1. The molecule has 0 aromatic heterocycles. The normalized spacial score (nSPS) is 18.5. The van der Waals surface area contributed by atoms with E-state index in [1.165, 1.54) is 0 Å². The van der Waals surface area contributed by atoms with Crippen LogP contribution in [0.2, 0.25) is 0 Å². The first-order chi connectivity index (χ1) is 6.25. The van der Waals surface area contributed by atoms with Crippen LogP contribution in [-0.4, -0.2) is 42.3 Å². The van der Waals surface area contributed by atoms with Crippen molar-refractivity contribution in [1.29, 1.82) is 0 Å². The molecule has 0 saturated carbocycles. The molecule has 1 heterocycles. The molecule has 1 N–H and O–H groups in total. The summed E-state index contributed by atoms with van der Waals surface area (Å²) in [5.41, 5.74) is -0.499. The summed E-state index contributed by atoms with van der Waals surface area (Å²) in [4.78, 5) is 13.3. The molecule has 0 bridgehead atoms. The van der Waals surface area contributed by atoms with Crippen LogP contribution in [-0.2, 0) is 4.74 Å². The zero-order chi connectivity index (χ0) is 11.0. The Morgan fingerprint density at radius 2 is 1.87 bits per heavy atom. The van der Waals surface area contributed by atoms with E-state index in [-0.39, 0.29) is 24.0 Å². The maximum atomic E-state index is 11.7. The minimum Gasteiger partial charge on any atom is -0.444 e. The highest BCUT2D eigenvalue weighted by atomic mass is 35.5. The van der Waals surface area contributed by atoms with Crippen LogP contribution in [0, 0.1) is 0 Å². The molecular formula is C10H21ClN2O2. The lowest BCUT2D eigenvalue weighted by Gasteiger charge is -2.46. The van der Waals surface area contributed by atoms with Gasteiger partial charge in [-0.15, -0.1) is 12.4 Å². The number of carbonyl (C=O) groups is 1. The molecule has 0 atom stereocenters. The number of likely N-dealkylation sites (N-methyl/N-ethyl adjacent to an activating group) is 1. The highest BCUT2D eigenvalue weighted by Gasteiger charge is 2.39. The Kier molecular flexibility index (Phi) is 4.43. The summed E-state index contributed by atoms with van der Waals surface area (Å²) in [6.07, 6.45) is -0.249. The Balaban J connectivity index is 0.00000196. The van der Waals surface area contributed by atoms with Crippen LogP contribution in [0.1, 0.15) is 27.7 Å². The molecule has 4 nitrogen and oxygen atoms in total. The van der Waals surface area contributed by atoms with E-state index in [1.807, 2.05) is 27.7 Å². The molecule has 15 heavy (non-hydrogen) atoms. The lowest BCUT2D eigenvalue weighted by molar-refractivity contribution is -0.00276. The molecule has 1 saturated heterocycles. The Morgan fingerprint density at radius 3 is 2.13 bits per heavy atom. The van der Waals surface area contributed by atoms with Crippen molar-refractivity contribution in [1.82, 2.24) is 10.2 Å². The minimum absolute atomic E-state index is 0. The van der Waals surface area contributed by atoms with Gasteiger partial charge in [0.05, 0.1) is 5.54 Å². The van der Waals surface area contributed by atoms with E-state index in [0.29, 0.717) is 0 Å². The second-order valence-corrected chi connectivity index (χ2v) is 5.14. The number of halogens is 1. The first kappa shape index (κ1) is 14.5. The molecule has 1 aliphatic heterocycles. The van der Waals surface area contributed by atoms with E-state index in [4.69, 9.17) is 4.74 Å². The summed E-state index contributed by atoms with van der Waals surface area (Å²) < 4.78 is 5.28. The summed E-state index contributed by atoms with van der Waals surface area (Å²) in [6.45, 7) is 9.35. The van der Waals surface area contributed by atoms with Gasteiger partial charge in [0.15, 0.2) is 0 Å². The fourth-order valence-electron chi connectivity index (χ4n) is 1.27. The zero-order valence-corrected chi connectivity index (χ0v) is 10.9.